The third-order valence-electron chi connectivity index (χ3n) is 3.81. The van der Waals surface area contributed by atoms with Crippen molar-refractivity contribution in [3.8, 4) is 0 Å². The molecule has 2 unspecified atom stereocenters. The van der Waals surface area contributed by atoms with Gasteiger partial charge < -0.3 is 10.1 Å². The quantitative estimate of drug-likeness (QED) is 0.672. The molecule has 2 bridgehead atoms. The predicted octanol–water partition coefficient (Wildman–Crippen LogP) is 0.0258. The molecule has 0 aliphatic carbocycles. The van der Waals surface area contributed by atoms with Crippen LogP contribution in [0.25, 0.3) is 0 Å². The Hall–Kier alpha value is -0.210. The molecule has 2 saturated heterocycles. The molecule has 2 heterocycles. The molecule has 0 aromatic heterocycles. The Balaban J connectivity index is 1.86. The maximum absolute atomic E-state index is 12.4. The van der Waals surface area contributed by atoms with E-state index in [0.29, 0.717) is 19.6 Å². The van der Waals surface area contributed by atoms with E-state index in [1.54, 1.807) is 11.4 Å². The average molecular weight is 291 g/mol. The van der Waals surface area contributed by atoms with E-state index in [0.717, 1.165) is 32.4 Å². The number of rotatable bonds is 7. The lowest BCUT2D eigenvalue weighted by molar-refractivity contribution is -0.0129. The van der Waals surface area contributed by atoms with E-state index in [9.17, 15) is 8.42 Å². The first-order valence-electron chi connectivity index (χ1n) is 7.11. The van der Waals surface area contributed by atoms with E-state index in [4.69, 9.17) is 4.74 Å². The molecule has 2 aliphatic heterocycles. The van der Waals surface area contributed by atoms with Gasteiger partial charge in [-0.05, 0) is 32.4 Å². The highest BCUT2D eigenvalue weighted by atomic mass is 32.2. The Bertz CT molecular complexity index is 376. The largest absolute Gasteiger partial charge is 0.372 e. The summed E-state index contributed by atoms with van der Waals surface area (Å²) >= 11 is 0. The first-order chi connectivity index (χ1) is 9.04. The fourth-order valence-corrected chi connectivity index (χ4v) is 4.15. The van der Waals surface area contributed by atoms with Crippen LogP contribution in [0.5, 0.6) is 0 Å². The third-order valence-corrected chi connectivity index (χ3v) is 5.73. The molecule has 2 aliphatic rings. The zero-order valence-electron chi connectivity index (χ0n) is 11.8. The molecule has 6 nitrogen and oxygen atoms in total. The standard InChI is InChI=1S/C12H25N3O3S/c1-3-13-7-4-8-14(2)19(16,17)15-9-11-5-6-12(10-15)18-11/h11-13H,3-10H2,1-2H3. The van der Waals surface area contributed by atoms with Gasteiger partial charge in [0.15, 0.2) is 0 Å². The molecule has 0 spiro atoms. The van der Waals surface area contributed by atoms with Gasteiger partial charge in [0, 0.05) is 26.7 Å². The van der Waals surface area contributed by atoms with Crippen LogP contribution in [0.15, 0.2) is 0 Å². The van der Waals surface area contributed by atoms with E-state index < -0.39 is 10.2 Å². The first-order valence-corrected chi connectivity index (χ1v) is 8.51. The summed E-state index contributed by atoms with van der Waals surface area (Å²) in [6.07, 6.45) is 3.01. The second-order valence-electron chi connectivity index (χ2n) is 5.31. The molecule has 0 aromatic carbocycles. The van der Waals surface area contributed by atoms with E-state index in [1.165, 1.54) is 4.31 Å². The minimum Gasteiger partial charge on any atom is -0.372 e. The first kappa shape index (κ1) is 15.2. The van der Waals surface area contributed by atoms with E-state index in [2.05, 4.69) is 5.32 Å². The topological polar surface area (TPSA) is 61.9 Å². The van der Waals surface area contributed by atoms with Gasteiger partial charge in [-0.1, -0.05) is 6.92 Å². The molecule has 1 N–H and O–H groups in total. The van der Waals surface area contributed by atoms with Gasteiger partial charge >= 0.3 is 0 Å². The Kier molecular flexibility index (Phi) is 5.19. The Morgan fingerprint density at radius 2 is 1.95 bits per heavy atom. The zero-order chi connectivity index (χ0) is 13.9. The van der Waals surface area contributed by atoms with Gasteiger partial charge in [0.2, 0.25) is 0 Å². The van der Waals surface area contributed by atoms with E-state index in [1.807, 2.05) is 6.92 Å². The van der Waals surface area contributed by atoms with Crippen molar-refractivity contribution in [2.75, 3.05) is 39.8 Å². The molecule has 0 saturated carbocycles. The van der Waals surface area contributed by atoms with Gasteiger partial charge in [0.25, 0.3) is 10.2 Å². The van der Waals surface area contributed by atoms with E-state index >= 15 is 0 Å². The summed E-state index contributed by atoms with van der Waals surface area (Å²) < 4.78 is 33.6. The minimum atomic E-state index is -3.32. The van der Waals surface area contributed by atoms with Gasteiger partial charge in [-0.15, -0.1) is 0 Å². The van der Waals surface area contributed by atoms with Crippen LogP contribution in [0.1, 0.15) is 26.2 Å². The monoisotopic (exact) mass is 291 g/mol. The molecule has 2 fully saturated rings. The molecule has 2 rings (SSSR count). The normalized spacial score (nSPS) is 28.2. The van der Waals surface area contributed by atoms with Crippen LogP contribution in [0.4, 0.5) is 0 Å². The van der Waals surface area contributed by atoms with Crippen molar-refractivity contribution in [3.63, 3.8) is 0 Å². The third kappa shape index (κ3) is 3.66. The van der Waals surface area contributed by atoms with Crippen LogP contribution in [-0.2, 0) is 14.9 Å². The number of hydrogen-bond acceptors (Lipinski definition) is 4. The second kappa shape index (κ2) is 6.49. The van der Waals surface area contributed by atoms with Crippen molar-refractivity contribution in [1.29, 1.82) is 0 Å². The highest BCUT2D eigenvalue weighted by Gasteiger charge is 2.39. The lowest BCUT2D eigenvalue weighted by Crippen LogP contribution is -2.50. The van der Waals surface area contributed by atoms with Crippen molar-refractivity contribution >= 4 is 10.2 Å². The van der Waals surface area contributed by atoms with Gasteiger partial charge in [-0.25, -0.2) is 0 Å². The maximum Gasteiger partial charge on any atom is 0.281 e. The highest BCUT2D eigenvalue weighted by Crippen LogP contribution is 2.28. The van der Waals surface area contributed by atoms with Crippen molar-refractivity contribution < 1.29 is 13.2 Å². The minimum absolute atomic E-state index is 0.101. The molecule has 0 aromatic rings. The molecule has 112 valence electrons. The number of nitrogens with zero attached hydrogens (tertiary/aromatic N) is 2. The van der Waals surface area contributed by atoms with Crippen LogP contribution in [0, 0.1) is 0 Å². The SMILES string of the molecule is CCNCCCN(C)S(=O)(=O)N1CC2CCC(C1)O2. The number of ether oxygens (including phenoxy) is 1. The van der Waals surface area contributed by atoms with Crippen molar-refractivity contribution in [3.05, 3.63) is 0 Å². The number of nitrogens with one attached hydrogen (secondary N) is 1. The molecular weight excluding hydrogens is 266 g/mol. The number of hydrogen-bond donors (Lipinski definition) is 1. The van der Waals surface area contributed by atoms with E-state index in [-0.39, 0.29) is 12.2 Å². The summed E-state index contributed by atoms with van der Waals surface area (Å²) in [7, 11) is -1.65. The van der Waals surface area contributed by atoms with Crippen molar-refractivity contribution in [1.82, 2.24) is 13.9 Å². The van der Waals surface area contributed by atoms with Gasteiger partial charge in [0.1, 0.15) is 0 Å². The molecule has 7 heteroatoms. The van der Waals surface area contributed by atoms with Crippen LogP contribution in [0.2, 0.25) is 0 Å². The predicted molar refractivity (Wildman–Crippen MR) is 74.2 cm³/mol. The van der Waals surface area contributed by atoms with Crippen LogP contribution in [0.3, 0.4) is 0 Å². The maximum atomic E-state index is 12.4. The van der Waals surface area contributed by atoms with Gasteiger partial charge in [-0.3, -0.25) is 0 Å². The highest BCUT2D eigenvalue weighted by molar-refractivity contribution is 7.86. The smallest absolute Gasteiger partial charge is 0.281 e. The Morgan fingerprint density at radius 1 is 1.32 bits per heavy atom. The van der Waals surface area contributed by atoms with Crippen molar-refractivity contribution in [2.24, 2.45) is 0 Å². The average Bonchev–Trinajstić information content (AvgIpc) is 2.73. The van der Waals surface area contributed by atoms with Gasteiger partial charge in [0.05, 0.1) is 12.2 Å². The van der Waals surface area contributed by atoms with Crippen LogP contribution >= 0.6 is 0 Å². The van der Waals surface area contributed by atoms with Crippen LogP contribution in [-0.4, -0.2) is 69.0 Å². The summed E-state index contributed by atoms with van der Waals surface area (Å²) in [5.41, 5.74) is 0. The summed E-state index contributed by atoms with van der Waals surface area (Å²) in [4.78, 5) is 0. The Labute approximate surface area is 116 Å². The molecule has 0 amide bonds. The lowest BCUT2D eigenvalue weighted by Gasteiger charge is -2.33. The summed E-state index contributed by atoms with van der Waals surface area (Å²) in [5, 5.41) is 3.20. The molecule has 2 atom stereocenters. The fraction of sp³-hybridized carbons (Fsp3) is 1.00. The lowest BCUT2D eigenvalue weighted by atomic mass is 10.2. The van der Waals surface area contributed by atoms with Gasteiger partial charge in [-0.2, -0.15) is 17.0 Å². The molecule has 0 radical (unpaired) electrons. The molecule has 19 heavy (non-hydrogen) atoms. The second-order valence-corrected chi connectivity index (χ2v) is 7.35. The fourth-order valence-electron chi connectivity index (χ4n) is 2.68. The summed E-state index contributed by atoms with van der Waals surface area (Å²) in [6.45, 7) is 5.40. The summed E-state index contributed by atoms with van der Waals surface area (Å²) in [5.74, 6) is 0. The zero-order valence-corrected chi connectivity index (χ0v) is 12.7. The van der Waals surface area contributed by atoms with Crippen LogP contribution < -0.4 is 5.32 Å². The number of fused-ring (bicyclic) bond motifs is 2. The molecular formula is C12H25N3O3S. The Morgan fingerprint density at radius 3 is 2.53 bits per heavy atom. The van der Waals surface area contributed by atoms with Crippen molar-refractivity contribution in [2.45, 2.75) is 38.4 Å². The summed E-state index contributed by atoms with van der Waals surface area (Å²) in [6, 6.07) is 0. The number of morpholine rings is 1.